The van der Waals surface area contributed by atoms with Crippen molar-refractivity contribution in [1.82, 2.24) is 9.88 Å². The number of carboxylic acids is 1. The predicted octanol–water partition coefficient (Wildman–Crippen LogP) is 2.62. The fourth-order valence-corrected chi connectivity index (χ4v) is 4.18. The quantitative estimate of drug-likeness (QED) is 0.903. The Morgan fingerprint density at radius 3 is 2.85 bits per heavy atom. The second-order valence-corrected chi connectivity index (χ2v) is 7.50. The zero-order valence-corrected chi connectivity index (χ0v) is 15.2. The molecule has 2 atom stereocenters. The minimum absolute atomic E-state index is 0.166. The van der Waals surface area contributed by atoms with Gasteiger partial charge in [-0.15, -0.1) is 0 Å². The van der Waals surface area contributed by atoms with Crippen LogP contribution < -0.4 is 0 Å². The molecule has 2 aliphatic rings. The molecule has 0 aliphatic carbocycles. The highest BCUT2D eigenvalue weighted by Gasteiger charge is 2.54. The van der Waals surface area contributed by atoms with E-state index in [-0.39, 0.29) is 18.4 Å². The molecule has 1 aromatic carbocycles. The van der Waals surface area contributed by atoms with E-state index in [0.717, 1.165) is 16.7 Å². The topological polar surface area (TPSA) is 79.7 Å². The molecule has 2 saturated heterocycles. The number of aryl methyl sites for hydroxylation is 1. The number of benzene rings is 1. The molecule has 0 bridgehead atoms. The Balaban J connectivity index is 1.60. The van der Waals surface area contributed by atoms with Crippen molar-refractivity contribution in [3.8, 4) is 11.1 Å². The van der Waals surface area contributed by atoms with Crippen LogP contribution in [-0.2, 0) is 9.53 Å². The molecule has 6 nitrogen and oxygen atoms in total. The van der Waals surface area contributed by atoms with Crippen molar-refractivity contribution in [2.24, 2.45) is 11.3 Å². The molecule has 3 heterocycles. The average molecular weight is 366 g/mol. The van der Waals surface area contributed by atoms with Crippen molar-refractivity contribution < 1.29 is 19.4 Å². The first-order valence-electron chi connectivity index (χ1n) is 9.12. The first-order valence-corrected chi connectivity index (χ1v) is 9.12. The lowest BCUT2D eigenvalue weighted by molar-refractivity contribution is -0.157. The van der Waals surface area contributed by atoms with Gasteiger partial charge in [-0.2, -0.15) is 0 Å². The normalized spacial score (nSPS) is 24.5. The highest BCUT2D eigenvalue weighted by atomic mass is 16.5. The second kappa shape index (κ2) is 6.78. The van der Waals surface area contributed by atoms with Crippen LogP contribution in [0.3, 0.4) is 0 Å². The van der Waals surface area contributed by atoms with E-state index >= 15 is 0 Å². The van der Waals surface area contributed by atoms with Crippen LogP contribution in [0.1, 0.15) is 22.3 Å². The molecule has 1 N–H and O–H groups in total. The third kappa shape index (κ3) is 3.10. The molecular formula is C21H22N2O4. The van der Waals surface area contributed by atoms with Crippen molar-refractivity contribution in [2.75, 3.05) is 26.3 Å². The van der Waals surface area contributed by atoms with Crippen LogP contribution in [0.15, 0.2) is 42.7 Å². The van der Waals surface area contributed by atoms with Crippen LogP contribution in [0.5, 0.6) is 0 Å². The van der Waals surface area contributed by atoms with Gasteiger partial charge in [-0.3, -0.25) is 14.6 Å². The van der Waals surface area contributed by atoms with Gasteiger partial charge in [-0.05, 0) is 25.0 Å². The van der Waals surface area contributed by atoms with Gasteiger partial charge in [0.05, 0.1) is 17.6 Å². The SMILES string of the molecule is Cc1cccc(-c2cncc(C(=O)N3C[C@H]4COCC[C@@]4(C(=O)O)C3)c2)c1. The Bertz CT molecular complexity index is 897. The summed E-state index contributed by atoms with van der Waals surface area (Å²) in [5.74, 6) is -1.18. The van der Waals surface area contributed by atoms with Crippen molar-refractivity contribution in [1.29, 1.82) is 0 Å². The van der Waals surface area contributed by atoms with E-state index < -0.39 is 11.4 Å². The number of hydrogen-bond donors (Lipinski definition) is 1. The molecule has 0 saturated carbocycles. The smallest absolute Gasteiger partial charge is 0.311 e. The maximum Gasteiger partial charge on any atom is 0.311 e. The van der Waals surface area contributed by atoms with E-state index in [1.165, 1.54) is 0 Å². The van der Waals surface area contributed by atoms with E-state index in [1.807, 2.05) is 37.3 Å². The average Bonchev–Trinajstić information content (AvgIpc) is 3.09. The van der Waals surface area contributed by atoms with Crippen molar-refractivity contribution in [3.63, 3.8) is 0 Å². The third-order valence-corrected chi connectivity index (χ3v) is 5.76. The maximum absolute atomic E-state index is 13.1. The number of carboxylic acid groups (broad SMARTS) is 1. The zero-order chi connectivity index (χ0) is 19.0. The van der Waals surface area contributed by atoms with Crippen LogP contribution >= 0.6 is 0 Å². The van der Waals surface area contributed by atoms with E-state index in [9.17, 15) is 14.7 Å². The van der Waals surface area contributed by atoms with Gasteiger partial charge in [-0.25, -0.2) is 0 Å². The highest BCUT2D eigenvalue weighted by molar-refractivity contribution is 5.96. The summed E-state index contributed by atoms with van der Waals surface area (Å²) in [6.45, 7) is 3.46. The van der Waals surface area contributed by atoms with Gasteiger partial charge in [0.25, 0.3) is 5.91 Å². The van der Waals surface area contributed by atoms with E-state index in [2.05, 4.69) is 4.98 Å². The molecule has 2 fully saturated rings. The number of rotatable bonds is 3. The molecule has 0 unspecified atom stereocenters. The van der Waals surface area contributed by atoms with Gasteiger partial charge in [0.15, 0.2) is 0 Å². The molecule has 0 spiro atoms. The summed E-state index contributed by atoms with van der Waals surface area (Å²) < 4.78 is 5.47. The van der Waals surface area contributed by atoms with E-state index in [1.54, 1.807) is 17.3 Å². The number of aliphatic carboxylic acids is 1. The molecule has 140 valence electrons. The summed E-state index contributed by atoms with van der Waals surface area (Å²) in [5, 5.41) is 9.78. The van der Waals surface area contributed by atoms with Crippen LogP contribution in [0, 0.1) is 18.3 Å². The molecule has 1 amide bonds. The number of fused-ring (bicyclic) bond motifs is 1. The van der Waals surface area contributed by atoms with Crippen molar-refractivity contribution in [2.45, 2.75) is 13.3 Å². The summed E-state index contributed by atoms with van der Waals surface area (Å²) >= 11 is 0. The fourth-order valence-electron chi connectivity index (χ4n) is 4.18. The minimum atomic E-state index is -0.893. The summed E-state index contributed by atoms with van der Waals surface area (Å²) in [6, 6.07) is 9.86. The van der Waals surface area contributed by atoms with Crippen LogP contribution in [0.4, 0.5) is 0 Å². The summed E-state index contributed by atoms with van der Waals surface area (Å²) in [4.78, 5) is 30.9. The minimum Gasteiger partial charge on any atom is -0.481 e. The van der Waals surface area contributed by atoms with E-state index in [0.29, 0.717) is 31.7 Å². The van der Waals surface area contributed by atoms with Gasteiger partial charge in [0.2, 0.25) is 0 Å². The first-order chi connectivity index (χ1) is 13.0. The molecule has 1 aromatic heterocycles. The highest BCUT2D eigenvalue weighted by Crippen LogP contribution is 2.42. The number of amides is 1. The van der Waals surface area contributed by atoms with Gasteiger partial charge in [0, 0.05) is 43.6 Å². The van der Waals surface area contributed by atoms with Gasteiger partial charge >= 0.3 is 5.97 Å². The molecule has 2 aliphatic heterocycles. The zero-order valence-electron chi connectivity index (χ0n) is 15.2. The Kier molecular flexibility index (Phi) is 4.44. The van der Waals surface area contributed by atoms with Gasteiger partial charge in [-0.1, -0.05) is 29.8 Å². The Labute approximate surface area is 157 Å². The molecule has 2 aromatic rings. The predicted molar refractivity (Wildman–Crippen MR) is 99.3 cm³/mol. The van der Waals surface area contributed by atoms with Crippen LogP contribution in [-0.4, -0.2) is 53.2 Å². The third-order valence-electron chi connectivity index (χ3n) is 5.76. The molecule has 4 rings (SSSR count). The van der Waals surface area contributed by atoms with Gasteiger partial charge < -0.3 is 14.7 Å². The molecule has 27 heavy (non-hydrogen) atoms. The number of aromatic nitrogens is 1. The summed E-state index contributed by atoms with van der Waals surface area (Å²) in [5.41, 5.74) is 2.60. The van der Waals surface area contributed by atoms with Crippen molar-refractivity contribution >= 4 is 11.9 Å². The van der Waals surface area contributed by atoms with Crippen LogP contribution in [0.2, 0.25) is 0 Å². The fraction of sp³-hybridized carbons (Fsp3) is 0.381. The number of pyridine rings is 1. The molecule has 6 heteroatoms. The summed E-state index contributed by atoms with van der Waals surface area (Å²) in [7, 11) is 0. The molecular weight excluding hydrogens is 344 g/mol. The van der Waals surface area contributed by atoms with Crippen LogP contribution in [0.25, 0.3) is 11.1 Å². The Hall–Kier alpha value is -2.73. The number of hydrogen-bond acceptors (Lipinski definition) is 4. The Morgan fingerprint density at radius 2 is 2.11 bits per heavy atom. The first kappa shape index (κ1) is 17.7. The van der Waals surface area contributed by atoms with Crippen molar-refractivity contribution in [3.05, 3.63) is 53.9 Å². The lowest BCUT2D eigenvalue weighted by Gasteiger charge is -2.33. The largest absolute Gasteiger partial charge is 0.481 e. The second-order valence-electron chi connectivity index (χ2n) is 7.50. The maximum atomic E-state index is 13.1. The number of carbonyl (C=O) groups excluding carboxylic acids is 1. The lowest BCUT2D eigenvalue weighted by Crippen LogP contribution is -2.45. The number of nitrogens with zero attached hydrogens (tertiary/aromatic N) is 2. The molecule has 0 radical (unpaired) electrons. The number of carbonyl (C=O) groups is 2. The van der Waals surface area contributed by atoms with Gasteiger partial charge in [0.1, 0.15) is 0 Å². The summed E-state index contributed by atoms with van der Waals surface area (Å²) in [6.07, 6.45) is 3.73. The standard InChI is InChI=1S/C21H22N2O4/c1-14-3-2-4-15(7-14)16-8-17(10-22-9-16)19(24)23-11-18-12-27-6-5-21(18,13-23)20(25)26/h2-4,7-10,18H,5-6,11-13H2,1H3,(H,25,26)/t18-,21+/m0/s1. The lowest BCUT2D eigenvalue weighted by atomic mass is 9.74. The number of likely N-dealkylation sites (tertiary alicyclic amines) is 1. The monoisotopic (exact) mass is 366 g/mol. The number of ether oxygens (including phenoxy) is 1. The Morgan fingerprint density at radius 1 is 1.26 bits per heavy atom. The van der Waals surface area contributed by atoms with E-state index in [4.69, 9.17) is 4.74 Å².